The Kier molecular flexibility index (Phi) is 3.82. The number of aliphatic imine (C=N–C) groups is 1. The molecule has 96 valence electrons. The van der Waals surface area contributed by atoms with Gasteiger partial charge >= 0.3 is 6.18 Å². The van der Waals surface area contributed by atoms with Crippen LogP contribution in [-0.4, -0.2) is 11.0 Å². The lowest BCUT2D eigenvalue weighted by atomic mass is 10.0. The molecule has 1 aromatic rings. The van der Waals surface area contributed by atoms with Crippen molar-refractivity contribution < 1.29 is 22.9 Å². The second-order valence-electron chi connectivity index (χ2n) is 3.46. The summed E-state index contributed by atoms with van der Waals surface area (Å²) in [4.78, 5) is 22.9. The Balaban J connectivity index is 3.40. The van der Waals surface area contributed by atoms with Gasteiger partial charge in [-0.05, 0) is 18.6 Å². The molecule has 1 unspecified atom stereocenters. The fourth-order valence-electron chi connectivity index (χ4n) is 1.30. The van der Waals surface area contributed by atoms with E-state index in [1.165, 1.54) is 13.0 Å². The van der Waals surface area contributed by atoms with Crippen LogP contribution in [0.5, 0.6) is 0 Å². The van der Waals surface area contributed by atoms with Crippen LogP contribution in [-0.2, 0) is 11.0 Å². The molecule has 0 aromatic heterocycles. The van der Waals surface area contributed by atoms with E-state index in [-0.39, 0.29) is 5.56 Å². The number of nitrogens with zero attached hydrogens (tertiary/aromatic N) is 2. The Hall–Kier alpha value is -2.21. The lowest BCUT2D eigenvalue weighted by Gasteiger charge is -2.10. The van der Waals surface area contributed by atoms with Crippen molar-refractivity contribution in [2.45, 2.75) is 19.1 Å². The quantitative estimate of drug-likeness (QED) is 0.363. The number of nitro benzene ring substituents is 1. The van der Waals surface area contributed by atoms with Crippen LogP contribution in [0.4, 0.5) is 18.9 Å². The SMILES string of the molecule is CC(N=C=O)c1cc([N+](=O)[O-])cc(C(F)(F)F)c1. The summed E-state index contributed by atoms with van der Waals surface area (Å²) in [6.07, 6.45) is -3.51. The first-order valence-electron chi connectivity index (χ1n) is 4.69. The molecular formula is C10H7F3N2O3. The summed E-state index contributed by atoms with van der Waals surface area (Å²) in [5.41, 5.74) is -1.92. The van der Waals surface area contributed by atoms with Crippen LogP contribution >= 0.6 is 0 Å². The molecule has 1 aromatic carbocycles. The van der Waals surface area contributed by atoms with Crippen molar-refractivity contribution >= 4 is 11.8 Å². The van der Waals surface area contributed by atoms with Gasteiger partial charge in [0, 0.05) is 12.1 Å². The monoisotopic (exact) mass is 260 g/mol. The minimum atomic E-state index is -4.70. The summed E-state index contributed by atoms with van der Waals surface area (Å²) in [6, 6.07) is 1.17. The van der Waals surface area contributed by atoms with Gasteiger partial charge in [0.1, 0.15) is 0 Å². The first kappa shape index (κ1) is 13.9. The number of non-ortho nitro benzene ring substituents is 1. The highest BCUT2D eigenvalue weighted by Gasteiger charge is 2.33. The van der Waals surface area contributed by atoms with Gasteiger partial charge in [0.25, 0.3) is 5.69 Å². The van der Waals surface area contributed by atoms with Gasteiger partial charge in [-0.2, -0.15) is 18.2 Å². The smallest absolute Gasteiger partial charge is 0.258 e. The number of halogens is 3. The van der Waals surface area contributed by atoms with Gasteiger partial charge in [-0.15, -0.1) is 0 Å². The molecule has 0 saturated carbocycles. The maximum atomic E-state index is 12.5. The number of rotatable bonds is 3. The van der Waals surface area contributed by atoms with Crippen LogP contribution in [0, 0.1) is 10.1 Å². The number of hydrogen-bond donors (Lipinski definition) is 0. The molecule has 18 heavy (non-hydrogen) atoms. The molecule has 0 amide bonds. The predicted octanol–water partition coefficient (Wildman–Crippen LogP) is 3.01. The Labute approximate surface area is 99.1 Å². The molecule has 8 heteroatoms. The third kappa shape index (κ3) is 3.14. The maximum absolute atomic E-state index is 12.5. The van der Waals surface area contributed by atoms with Crippen molar-refractivity contribution in [3.05, 3.63) is 39.4 Å². The molecule has 0 N–H and O–H groups in total. The molecule has 0 spiro atoms. The molecular weight excluding hydrogens is 253 g/mol. The maximum Gasteiger partial charge on any atom is 0.416 e. The summed E-state index contributed by atoms with van der Waals surface area (Å²) < 4.78 is 37.6. The highest BCUT2D eigenvalue weighted by molar-refractivity contribution is 5.43. The van der Waals surface area contributed by atoms with Crippen molar-refractivity contribution in [3.63, 3.8) is 0 Å². The molecule has 0 heterocycles. The lowest BCUT2D eigenvalue weighted by Crippen LogP contribution is -2.07. The zero-order valence-corrected chi connectivity index (χ0v) is 9.06. The minimum Gasteiger partial charge on any atom is -0.258 e. The molecule has 0 aliphatic rings. The fraction of sp³-hybridized carbons (Fsp3) is 0.300. The number of hydrogen-bond acceptors (Lipinski definition) is 4. The van der Waals surface area contributed by atoms with E-state index in [0.717, 1.165) is 12.1 Å². The van der Waals surface area contributed by atoms with Gasteiger partial charge in [-0.25, -0.2) is 4.79 Å². The van der Waals surface area contributed by atoms with E-state index >= 15 is 0 Å². The Morgan fingerprint density at radius 1 is 1.39 bits per heavy atom. The molecule has 1 rings (SSSR count). The lowest BCUT2D eigenvalue weighted by molar-refractivity contribution is -0.385. The third-order valence-electron chi connectivity index (χ3n) is 2.21. The number of isocyanates is 1. The first-order chi connectivity index (χ1) is 8.25. The molecule has 0 bridgehead atoms. The number of benzene rings is 1. The van der Waals surface area contributed by atoms with Gasteiger partial charge in [-0.1, -0.05) is 0 Å². The molecule has 0 aliphatic heterocycles. The summed E-state index contributed by atoms with van der Waals surface area (Å²) >= 11 is 0. The van der Waals surface area contributed by atoms with Crippen LogP contribution in [0.2, 0.25) is 0 Å². The van der Waals surface area contributed by atoms with Crippen molar-refractivity contribution in [2.24, 2.45) is 4.99 Å². The second-order valence-corrected chi connectivity index (χ2v) is 3.46. The van der Waals surface area contributed by atoms with Crippen molar-refractivity contribution in [3.8, 4) is 0 Å². The first-order valence-corrected chi connectivity index (χ1v) is 4.69. The van der Waals surface area contributed by atoms with Crippen molar-refractivity contribution in [1.29, 1.82) is 0 Å². The van der Waals surface area contributed by atoms with Crippen molar-refractivity contribution in [1.82, 2.24) is 0 Å². The predicted molar refractivity (Wildman–Crippen MR) is 54.6 cm³/mol. The zero-order chi connectivity index (χ0) is 13.9. The van der Waals surface area contributed by atoms with Crippen LogP contribution in [0.3, 0.4) is 0 Å². The van der Waals surface area contributed by atoms with Gasteiger partial charge in [0.2, 0.25) is 6.08 Å². The second kappa shape index (κ2) is 4.97. The zero-order valence-electron chi connectivity index (χ0n) is 9.06. The third-order valence-corrected chi connectivity index (χ3v) is 2.21. The highest BCUT2D eigenvalue weighted by atomic mass is 19.4. The van der Waals surface area contributed by atoms with E-state index in [9.17, 15) is 28.1 Å². The molecule has 0 aliphatic carbocycles. The molecule has 0 saturated heterocycles. The van der Waals surface area contributed by atoms with Crippen molar-refractivity contribution in [2.75, 3.05) is 0 Å². The van der Waals surface area contributed by atoms with Crippen LogP contribution < -0.4 is 0 Å². The summed E-state index contributed by atoms with van der Waals surface area (Å²) in [5, 5.41) is 10.5. The average Bonchev–Trinajstić information content (AvgIpc) is 2.27. The normalized spacial score (nSPS) is 12.7. The highest BCUT2D eigenvalue weighted by Crippen LogP contribution is 2.34. The van der Waals surface area contributed by atoms with E-state index in [1.54, 1.807) is 0 Å². The van der Waals surface area contributed by atoms with E-state index in [0.29, 0.717) is 6.07 Å². The summed E-state index contributed by atoms with van der Waals surface area (Å²) in [5.74, 6) is 0. The Morgan fingerprint density at radius 3 is 2.44 bits per heavy atom. The van der Waals surface area contributed by atoms with Gasteiger partial charge in [0.05, 0.1) is 16.5 Å². The molecule has 5 nitrogen and oxygen atoms in total. The Morgan fingerprint density at radius 2 is 2.00 bits per heavy atom. The van der Waals surface area contributed by atoms with E-state index in [4.69, 9.17) is 0 Å². The number of carbonyl (C=O) groups excluding carboxylic acids is 1. The fourth-order valence-corrected chi connectivity index (χ4v) is 1.30. The van der Waals surface area contributed by atoms with Gasteiger partial charge in [-0.3, -0.25) is 10.1 Å². The van der Waals surface area contributed by atoms with Crippen LogP contribution in [0.1, 0.15) is 24.1 Å². The number of alkyl halides is 3. The summed E-state index contributed by atoms with van der Waals surface area (Å²) in [7, 11) is 0. The largest absolute Gasteiger partial charge is 0.416 e. The van der Waals surface area contributed by atoms with Crippen LogP contribution in [0.15, 0.2) is 23.2 Å². The number of nitro groups is 1. The minimum absolute atomic E-state index is 0.0696. The standard InChI is InChI=1S/C10H7F3N2O3/c1-6(14-5-16)7-2-8(10(11,12)13)4-9(3-7)15(17)18/h2-4,6H,1H3. The van der Waals surface area contributed by atoms with Gasteiger partial charge < -0.3 is 0 Å². The van der Waals surface area contributed by atoms with E-state index in [1.807, 2.05) is 0 Å². The van der Waals surface area contributed by atoms with Gasteiger partial charge in [0.15, 0.2) is 0 Å². The average molecular weight is 260 g/mol. The molecule has 1 atom stereocenters. The Bertz CT molecular complexity index is 522. The van der Waals surface area contributed by atoms with E-state index < -0.39 is 28.4 Å². The van der Waals surface area contributed by atoms with E-state index in [2.05, 4.69) is 4.99 Å². The molecule has 0 fully saturated rings. The molecule has 0 radical (unpaired) electrons. The van der Waals surface area contributed by atoms with Crippen LogP contribution in [0.25, 0.3) is 0 Å². The topological polar surface area (TPSA) is 72.6 Å². The summed E-state index contributed by atoms with van der Waals surface area (Å²) in [6.45, 7) is 1.34.